The van der Waals surface area contributed by atoms with Gasteiger partial charge >= 0.3 is 5.97 Å². The standard InChI is InChI=1S/C25H27N3O7S/c1-16-22(21(29)15-36(33,34)26-13-12-18-8-5-4-6-9-18)24(23(17(2)27-16)25(30)35-3)19-10-7-11-20(14-19)28(31)32/h4-11,14,23-24,26H,12-13,15H2,1-3H3. The molecule has 0 bridgehead atoms. The van der Waals surface area contributed by atoms with Crippen molar-refractivity contribution in [3.05, 3.63) is 87.1 Å². The van der Waals surface area contributed by atoms with Crippen molar-refractivity contribution in [1.29, 1.82) is 0 Å². The van der Waals surface area contributed by atoms with E-state index in [0.29, 0.717) is 17.7 Å². The monoisotopic (exact) mass is 513 g/mol. The molecule has 190 valence electrons. The van der Waals surface area contributed by atoms with E-state index in [0.717, 1.165) is 5.56 Å². The maximum atomic E-state index is 13.4. The number of ketones is 1. The number of carbonyl (C=O) groups is 2. The van der Waals surface area contributed by atoms with Gasteiger partial charge in [-0.05, 0) is 31.4 Å². The molecule has 2 atom stereocenters. The van der Waals surface area contributed by atoms with Gasteiger partial charge in [0.25, 0.3) is 5.69 Å². The minimum atomic E-state index is -4.01. The Balaban J connectivity index is 1.93. The van der Waals surface area contributed by atoms with Crippen LogP contribution in [0.15, 0.2) is 70.9 Å². The molecule has 10 nitrogen and oxygen atoms in total. The SMILES string of the molecule is COC(=O)C1C(C)=NC(C)=C(C(=O)CS(=O)(=O)NCCc2ccccc2)C1c1cccc([N+](=O)[O-])c1. The molecule has 2 aromatic rings. The van der Waals surface area contributed by atoms with Crippen molar-refractivity contribution in [1.82, 2.24) is 4.72 Å². The molecule has 1 N–H and O–H groups in total. The maximum Gasteiger partial charge on any atom is 0.315 e. The number of nitrogens with one attached hydrogen (secondary N) is 1. The third-order valence-corrected chi connectivity index (χ3v) is 7.21. The van der Waals surface area contributed by atoms with Crippen LogP contribution in [0.2, 0.25) is 0 Å². The van der Waals surface area contributed by atoms with Gasteiger partial charge in [0.1, 0.15) is 11.7 Å². The molecule has 0 saturated carbocycles. The Kier molecular flexibility index (Phi) is 8.49. The molecule has 2 unspecified atom stereocenters. The number of allylic oxidation sites excluding steroid dienone is 2. The number of methoxy groups -OCH3 is 1. The van der Waals surface area contributed by atoms with E-state index in [4.69, 9.17) is 4.74 Å². The summed E-state index contributed by atoms with van der Waals surface area (Å²) in [6.45, 7) is 3.25. The third-order valence-electron chi connectivity index (χ3n) is 5.92. The number of Topliss-reactive ketones (excluding diaryl/α,β-unsaturated/α-hetero) is 1. The molecule has 11 heteroatoms. The van der Waals surface area contributed by atoms with Crippen LogP contribution < -0.4 is 4.72 Å². The van der Waals surface area contributed by atoms with Gasteiger partial charge in [-0.2, -0.15) is 0 Å². The number of nitrogens with zero attached hydrogens (tertiary/aromatic N) is 2. The highest BCUT2D eigenvalue weighted by molar-refractivity contribution is 7.90. The zero-order chi connectivity index (χ0) is 26.5. The fraction of sp³-hybridized carbons (Fsp3) is 0.320. The lowest BCUT2D eigenvalue weighted by molar-refractivity contribution is -0.384. The van der Waals surface area contributed by atoms with E-state index < -0.39 is 44.3 Å². The predicted molar refractivity (Wildman–Crippen MR) is 134 cm³/mol. The van der Waals surface area contributed by atoms with Gasteiger partial charge in [0.05, 0.1) is 12.0 Å². The van der Waals surface area contributed by atoms with Gasteiger partial charge in [0, 0.05) is 41.6 Å². The van der Waals surface area contributed by atoms with Crippen LogP contribution in [0.4, 0.5) is 5.69 Å². The minimum absolute atomic E-state index is 0.00457. The minimum Gasteiger partial charge on any atom is -0.468 e. The van der Waals surface area contributed by atoms with Crippen LogP contribution >= 0.6 is 0 Å². The van der Waals surface area contributed by atoms with Crippen molar-refractivity contribution >= 4 is 33.2 Å². The molecule has 0 fully saturated rings. The molecule has 0 aliphatic carbocycles. The van der Waals surface area contributed by atoms with Gasteiger partial charge in [0.15, 0.2) is 5.78 Å². The van der Waals surface area contributed by atoms with Crippen LogP contribution in [-0.2, 0) is 30.8 Å². The number of ether oxygens (including phenoxy) is 1. The highest BCUT2D eigenvalue weighted by Crippen LogP contribution is 2.40. The van der Waals surface area contributed by atoms with Crippen molar-refractivity contribution in [2.24, 2.45) is 10.9 Å². The molecule has 36 heavy (non-hydrogen) atoms. The van der Waals surface area contributed by atoms with E-state index in [9.17, 15) is 28.1 Å². The van der Waals surface area contributed by atoms with Crippen LogP contribution in [0.25, 0.3) is 0 Å². The number of rotatable bonds is 10. The molecule has 0 aromatic heterocycles. The Morgan fingerprint density at radius 3 is 2.44 bits per heavy atom. The molecule has 0 saturated heterocycles. The second kappa shape index (κ2) is 11.4. The molecule has 0 amide bonds. The number of esters is 1. The van der Waals surface area contributed by atoms with Gasteiger partial charge in [-0.1, -0.05) is 42.5 Å². The van der Waals surface area contributed by atoms with Gasteiger partial charge in [-0.15, -0.1) is 0 Å². The first-order chi connectivity index (χ1) is 17.0. The zero-order valence-corrected chi connectivity index (χ0v) is 20.9. The van der Waals surface area contributed by atoms with Gasteiger partial charge < -0.3 is 4.74 Å². The van der Waals surface area contributed by atoms with Crippen LogP contribution in [0.1, 0.15) is 30.9 Å². The largest absolute Gasteiger partial charge is 0.468 e. The Morgan fingerprint density at radius 1 is 1.11 bits per heavy atom. The summed E-state index contributed by atoms with van der Waals surface area (Å²) in [7, 11) is -2.83. The highest BCUT2D eigenvalue weighted by atomic mass is 32.2. The summed E-state index contributed by atoms with van der Waals surface area (Å²) in [5.74, 6) is -4.34. The van der Waals surface area contributed by atoms with Gasteiger partial charge in [0.2, 0.25) is 10.0 Å². The molecule has 1 aliphatic rings. The van der Waals surface area contributed by atoms with Gasteiger partial charge in [-0.25, -0.2) is 13.1 Å². The predicted octanol–water partition coefficient (Wildman–Crippen LogP) is 2.95. The van der Waals surface area contributed by atoms with E-state index in [-0.39, 0.29) is 23.5 Å². The number of nitro groups is 1. The summed E-state index contributed by atoms with van der Waals surface area (Å²) < 4.78 is 32.8. The number of carbonyl (C=O) groups excluding carboxylic acids is 2. The average molecular weight is 514 g/mol. The van der Waals surface area contributed by atoms with E-state index >= 15 is 0 Å². The van der Waals surface area contributed by atoms with Crippen molar-refractivity contribution in [2.75, 3.05) is 19.4 Å². The molecular weight excluding hydrogens is 486 g/mol. The molecule has 0 spiro atoms. The Hall–Kier alpha value is -3.70. The van der Waals surface area contributed by atoms with Crippen molar-refractivity contribution in [3.8, 4) is 0 Å². The summed E-state index contributed by atoms with van der Waals surface area (Å²) >= 11 is 0. The van der Waals surface area contributed by atoms with Crippen molar-refractivity contribution in [3.63, 3.8) is 0 Å². The number of hydrogen-bond donors (Lipinski definition) is 1. The fourth-order valence-corrected chi connectivity index (χ4v) is 5.34. The van der Waals surface area contributed by atoms with Crippen LogP contribution in [0, 0.1) is 16.0 Å². The summed E-state index contributed by atoms with van der Waals surface area (Å²) in [6.07, 6.45) is 0.445. The molecule has 3 rings (SSSR count). The molecule has 2 aromatic carbocycles. The Morgan fingerprint density at radius 2 is 1.81 bits per heavy atom. The number of benzene rings is 2. The summed E-state index contributed by atoms with van der Waals surface area (Å²) in [4.78, 5) is 41.2. The van der Waals surface area contributed by atoms with E-state index in [1.165, 1.54) is 25.3 Å². The number of non-ortho nitro benzene ring substituents is 1. The molecule has 0 radical (unpaired) electrons. The number of hydrogen-bond acceptors (Lipinski definition) is 8. The lowest BCUT2D eigenvalue weighted by Gasteiger charge is -2.31. The Labute approximate surface area is 209 Å². The maximum absolute atomic E-state index is 13.4. The highest BCUT2D eigenvalue weighted by Gasteiger charge is 2.42. The van der Waals surface area contributed by atoms with Crippen molar-refractivity contribution in [2.45, 2.75) is 26.2 Å². The lowest BCUT2D eigenvalue weighted by Crippen LogP contribution is -2.38. The zero-order valence-electron chi connectivity index (χ0n) is 20.1. The molecule has 1 aliphatic heterocycles. The normalized spacial score (nSPS) is 17.9. The summed E-state index contributed by atoms with van der Waals surface area (Å²) in [5.41, 5.74) is 1.63. The first-order valence-corrected chi connectivity index (χ1v) is 12.8. The second-order valence-corrected chi connectivity index (χ2v) is 10.2. The Bertz CT molecular complexity index is 1330. The summed E-state index contributed by atoms with van der Waals surface area (Å²) in [6, 6.07) is 14.9. The third kappa shape index (κ3) is 6.29. The van der Waals surface area contributed by atoms with Crippen LogP contribution in [0.3, 0.4) is 0 Å². The first kappa shape index (κ1) is 26.9. The molecular formula is C25H27N3O7S. The fourth-order valence-electron chi connectivity index (χ4n) is 4.32. The van der Waals surface area contributed by atoms with Gasteiger partial charge in [-0.3, -0.25) is 24.7 Å². The van der Waals surface area contributed by atoms with E-state index in [2.05, 4.69) is 9.71 Å². The van der Waals surface area contributed by atoms with E-state index in [1.54, 1.807) is 19.9 Å². The summed E-state index contributed by atoms with van der Waals surface area (Å²) in [5, 5.41) is 11.4. The smallest absolute Gasteiger partial charge is 0.315 e. The van der Waals surface area contributed by atoms with Crippen LogP contribution in [-0.4, -0.2) is 50.2 Å². The van der Waals surface area contributed by atoms with Crippen molar-refractivity contribution < 1.29 is 27.7 Å². The first-order valence-electron chi connectivity index (χ1n) is 11.2. The van der Waals surface area contributed by atoms with E-state index in [1.807, 2.05) is 30.3 Å². The molecule has 1 heterocycles. The number of aliphatic imine (C=N–C) groups is 1. The number of nitro benzene ring substituents is 1. The lowest BCUT2D eigenvalue weighted by atomic mass is 9.74. The average Bonchev–Trinajstić information content (AvgIpc) is 2.83. The van der Waals surface area contributed by atoms with Crippen LogP contribution in [0.5, 0.6) is 0 Å². The quantitative estimate of drug-likeness (QED) is 0.292. The topological polar surface area (TPSA) is 145 Å². The second-order valence-electron chi connectivity index (χ2n) is 8.40. The number of sulfonamides is 1.